The normalized spacial score (nSPS) is 13.4. The predicted molar refractivity (Wildman–Crippen MR) is 79.0 cm³/mol. The van der Waals surface area contributed by atoms with E-state index in [1.54, 1.807) is 20.9 Å². The molecule has 0 spiro atoms. The standard InChI is InChI=1S/C15H22N2O3/c1-5-15(3,13(18)19)10-16-14(20)17(4)12-8-6-11(2)7-9-12/h6-9H,5,10H2,1-4H3,(H,16,20)(H,18,19). The Bertz CT molecular complexity index is 484. The molecule has 0 aromatic heterocycles. The molecule has 1 aromatic carbocycles. The van der Waals surface area contributed by atoms with Crippen molar-refractivity contribution < 1.29 is 14.7 Å². The van der Waals surface area contributed by atoms with Crippen molar-refractivity contribution in [1.82, 2.24) is 5.32 Å². The van der Waals surface area contributed by atoms with Gasteiger partial charge in [-0.15, -0.1) is 0 Å². The summed E-state index contributed by atoms with van der Waals surface area (Å²) in [5.41, 5.74) is 0.942. The number of aliphatic carboxylic acids is 1. The first-order chi connectivity index (χ1) is 9.30. The lowest BCUT2D eigenvalue weighted by atomic mass is 9.88. The molecule has 0 bridgehead atoms. The minimum Gasteiger partial charge on any atom is -0.481 e. The van der Waals surface area contributed by atoms with Crippen molar-refractivity contribution in [3.05, 3.63) is 29.8 Å². The fraction of sp³-hybridized carbons (Fsp3) is 0.467. The number of nitrogens with zero attached hydrogens (tertiary/aromatic N) is 1. The summed E-state index contributed by atoms with van der Waals surface area (Å²) in [5, 5.41) is 11.8. The zero-order chi connectivity index (χ0) is 15.3. The fourth-order valence-electron chi connectivity index (χ4n) is 1.63. The number of anilines is 1. The third kappa shape index (κ3) is 3.73. The van der Waals surface area contributed by atoms with Crippen molar-refractivity contribution in [1.29, 1.82) is 0 Å². The van der Waals surface area contributed by atoms with Crippen molar-refractivity contribution in [2.45, 2.75) is 27.2 Å². The van der Waals surface area contributed by atoms with Gasteiger partial charge in [0.05, 0.1) is 5.41 Å². The van der Waals surface area contributed by atoms with E-state index in [0.717, 1.165) is 11.3 Å². The summed E-state index contributed by atoms with van der Waals surface area (Å²) < 4.78 is 0. The number of hydrogen-bond donors (Lipinski definition) is 2. The lowest BCUT2D eigenvalue weighted by molar-refractivity contribution is -0.147. The van der Waals surface area contributed by atoms with Crippen LogP contribution in [0.2, 0.25) is 0 Å². The van der Waals surface area contributed by atoms with Crippen LogP contribution in [-0.4, -0.2) is 30.7 Å². The Kier molecular flexibility index (Phi) is 5.13. The summed E-state index contributed by atoms with van der Waals surface area (Å²) in [7, 11) is 1.66. The van der Waals surface area contributed by atoms with E-state index in [2.05, 4.69) is 5.32 Å². The second-order valence-corrected chi connectivity index (χ2v) is 5.27. The SMILES string of the molecule is CCC(C)(CNC(=O)N(C)c1ccc(C)cc1)C(=O)O. The van der Waals surface area contributed by atoms with E-state index in [9.17, 15) is 9.59 Å². The number of benzene rings is 1. The Morgan fingerprint density at radius 2 is 1.85 bits per heavy atom. The van der Waals surface area contributed by atoms with Crippen molar-refractivity contribution in [3.8, 4) is 0 Å². The minimum atomic E-state index is -0.941. The Balaban J connectivity index is 2.67. The number of carboxylic acids is 1. The van der Waals surface area contributed by atoms with Gasteiger partial charge in [0.25, 0.3) is 0 Å². The first-order valence-electron chi connectivity index (χ1n) is 6.62. The van der Waals surface area contributed by atoms with Gasteiger partial charge in [-0.3, -0.25) is 9.69 Å². The quantitative estimate of drug-likeness (QED) is 0.870. The number of aryl methyl sites for hydroxylation is 1. The molecular formula is C15H22N2O3. The monoisotopic (exact) mass is 278 g/mol. The number of urea groups is 1. The molecule has 5 nitrogen and oxygen atoms in total. The highest BCUT2D eigenvalue weighted by molar-refractivity contribution is 5.91. The number of hydrogen-bond acceptors (Lipinski definition) is 2. The van der Waals surface area contributed by atoms with Crippen LogP contribution in [0.1, 0.15) is 25.8 Å². The third-order valence-corrected chi connectivity index (χ3v) is 3.65. The van der Waals surface area contributed by atoms with Crippen molar-refractivity contribution >= 4 is 17.7 Å². The van der Waals surface area contributed by atoms with Gasteiger partial charge in [-0.25, -0.2) is 4.79 Å². The zero-order valence-corrected chi connectivity index (χ0v) is 12.4. The summed E-state index contributed by atoms with van der Waals surface area (Å²) in [4.78, 5) is 24.7. The van der Waals surface area contributed by atoms with Gasteiger partial charge in [0.15, 0.2) is 0 Å². The molecule has 2 amide bonds. The maximum absolute atomic E-state index is 12.0. The Morgan fingerprint density at radius 3 is 2.30 bits per heavy atom. The molecule has 1 unspecified atom stereocenters. The van der Waals surface area contributed by atoms with Crippen LogP contribution in [0.5, 0.6) is 0 Å². The molecule has 0 aliphatic rings. The number of carboxylic acid groups (broad SMARTS) is 1. The van der Waals surface area contributed by atoms with Crippen LogP contribution in [0.15, 0.2) is 24.3 Å². The molecule has 1 aromatic rings. The molecule has 0 saturated heterocycles. The number of carbonyl (C=O) groups excluding carboxylic acids is 1. The molecule has 110 valence electrons. The van der Waals surface area contributed by atoms with Crippen LogP contribution in [0.4, 0.5) is 10.5 Å². The first-order valence-corrected chi connectivity index (χ1v) is 6.62. The molecule has 1 rings (SSSR count). The topological polar surface area (TPSA) is 69.6 Å². The van der Waals surface area contributed by atoms with Gasteiger partial charge in [0, 0.05) is 19.3 Å². The summed E-state index contributed by atoms with van der Waals surface area (Å²) in [5.74, 6) is -0.904. The largest absolute Gasteiger partial charge is 0.481 e. The van der Waals surface area contributed by atoms with Gasteiger partial charge in [-0.05, 0) is 32.4 Å². The summed E-state index contributed by atoms with van der Waals surface area (Å²) in [6.45, 7) is 5.50. The Hall–Kier alpha value is -2.04. The Morgan fingerprint density at radius 1 is 1.30 bits per heavy atom. The molecular weight excluding hydrogens is 256 g/mol. The Labute approximate surface area is 119 Å². The molecule has 0 aliphatic heterocycles. The summed E-state index contributed by atoms with van der Waals surface area (Å²) in [6.07, 6.45) is 0.455. The van der Waals surface area contributed by atoms with E-state index in [-0.39, 0.29) is 12.6 Å². The molecule has 0 aliphatic carbocycles. The van der Waals surface area contributed by atoms with E-state index in [1.165, 1.54) is 4.90 Å². The lowest BCUT2D eigenvalue weighted by Gasteiger charge is -2.25. The van der Waals surface area contributed by atoms with E-state index >= 15 is 0 Å². The molecule has 5 heteroatoms. The van der Waals surface area contributed by atoms with Crippen molar-refractivity contribution in [2.24, 2.45) is 5.41 Å². The molecule has 0 heterocycles. The molecule has 2 N–H and O–H groups in total. The van der Waals surface area contributed by atoms with E-state index in [1.807, 2.05) is 31.2 Å². The average molecular weight is 278 g/mol. The molecule has 0 fully saturated rings. The summed E-state index contributed by atoms with van der Waals surface area (Å²) >= 11 is 0. The molecule has 20 heavy (non-hydrogen) atoms. The van der Waals surface area contributed by atoms with Crippen molar-refractivity contribution in [3.63, 3.8) is 0 Å². The smallest absolute Gasteiger partial charge is 0.321 e. The van der Waals surface area contributed by atoms with E-state index in [0.29, 0.717) is 6.42 Å². The van der Waals surface area contributed by atoms with Gasteiger partial charge in [-0.1, -0.05) is 24.6 Å². The fourth-order valence-corrected chi connectivity index (χ4v) is 1.63. The number of rotatable bonds is 5. The number of carbonyl (C=O) groups is 2. The van der Waals surface area contributed by atoms with Crippen LogP contribution in [0.3, 0.4) is 0 Å². The highest BCUT2D eigenvalue weighted by Crippen LogP contribution is 2.20. The highest BCUT2D eigenvalue weighted by Gasteiger charge is 2.31. The maximum atomic E-state index is 12.0. The average Bonchev–Trinajstić information content (AvgIpc) is 2.44. The van der Waals surface area contributed by atoms with Crippen LogP contribution in [0.25, 0.3) is 0 Å². The second-order valence-electron chi connectivity index (χ2n) is 5.27. The van der Waals surface area contributed by atoms with Gasteiger partial charge >= 0.3 is 12.0 Å². The van der Waals surface area contributed by atoms with Gasteiger partial charge in [-0.2, -0.15) is 0 Å². The van der Waals surface area contributed by atoms with Gasteiger partial charge < -0.3 is 10.4 Å². The predicted octanol–water partition coefficient (Wildman–Crippen LogP) is 2.64. The van der Waals surface area contributed by atoms with Gasteiger partial charge in [0.2, 0.25) is 0 Å². The van der Waals surface area contributed by atoms with Crippen LogP contribution < -0.4 is 10.2 Å². The van der Waals surface area contributed by atoms with E-state index < -0.39 is 11.4 Å². The second kappa shape index (κ2) is 6.41. The molecule has 0 saturated carbocycles. The third-order valence-electron chi connectivity index (χ3n) is 3.65. The zero-order valence-electron chi connectivity index (χ0n) is 12.4. The van der Waals surface area contributed by atoms with Crippen LogP contribution >= 0.6 is 0 Å². The molecule has 0 radical (unpaired) electrons. The summed E-state index contributed by atoms with van der Waals surface area (Å²) in [6, 6.07) is 7.24. The van der Waals surface area contributed by atoms with Crippen molar-refractivity contribution in [2.75, 3.05) is 18.5 Å². The maximum Gasteiger partial charge on any atom is 0.321 e. The highest BCUT2D eigenvalue weighted by atomic mass is 16.4. The van der Waals surface area contributed by atoms with Crippen LogP contribution in [-0.2, 0) is 4.79 Å². The van der Waals surface area contributed by atoms with Gasteiger partial charge in [0.1, 0.15) is 0 Å². The minimum absolute atomic E-state index is 0.105. The number of nitrogens with one attached hydrogen (secondary N) is 1. The lowest BCUT2D eigenvalue weighted by Crippen LogP contribution is -2.45. The van der Waals surface area contributed by atoms with E-state index in [4.69, 9.17) is 5.11 Å². The molecule has 1 atom stereocenters. The van der Waals surface area contributed by atoms with Crippen LogP contribution in [0, 0.1) is 12.3 Å². The number of amides is 2. The first kappa shape index (κ1) is 16.0.